The van der Waals surface area contributed by atoms with E-state index >= 15 is 0 Å². The number of H-pyrrole nitrogens is 2. The lowest BCUT2D eigenvalue weighted by Gasteiger charge is -2.09. The first kappa shape index (κ1) is 20.8. The van der Waals surface area contributed by atoms with Crippen molar-refractivity contribution in [3.8, 4) is 16.5 Å². The molecule has 34 heavy (non-hydrogen) atoms. The van der Waals surface area contributed by atoms with Crippen molar-refractivity contribution >= 4 is 29.0 Å². The second-order valence-electron chi connectivity index (χ2n) is 8.51. The van der Waals surface area contributed by atoms with Crippen molar-refractivity contribution in [3.63, 3.8) is 0 Å². The van der Waals surface area contributed by atoms with Crippen molar-refractivity contribution in [2.45, 2.75) is 31.3 Å². The van der Waals surface area contributed by atoms with Crippen LogP contribution < -0.4 is 27.0 Å². The number of rotatable bonds is 5. The summed E-state index contributed by atoms with van der Waals surface area (Å²) in [5, 5.41) is 21.3. The van der Waals surface area contributed by atoms with E-state index in [9.17, 15) is 14.7 Å². The normalized spacial score (nSPS) is 19.4. The minimum Gasteiger partial charge on any atom is -0.493 e. The van der Waals surface area contributed by atoms with Crippen LogP contribution in [0, 0.1) is 0 Å². The van der Waals surface area contributed by atoms with E-state index in [1.807, 2.05) is 18.2 Å². The third-order valence-corrected chi connectivity index (χ3v) is 6.96. The minimum atomic E-state index is -0.504. The Balaban J connectivity index is 1.43. The first-order chi connectivity index (χ1) is 16.5. The van der Waals surface area contributed by atoms with Crippen molar-refractivity contribution in [3.05, 3.63) is 56.2 Å². The quantitative estimate of drug-likeness (QED) is 0.270. The molecule has 1 aliphatic carbocycles. The van der Waals surface area contributed by atoms with Crippen LogP contribution in [0.15, 0.2) is 34.2 Å². The van der Waals surface area contributed by atoms with Crippen LogP contribution in [0.1, 0.15) is 34.6 Å². The molecule has 12 heteroatoms. The Hall–Kier alpha value is -3.77. The molecule has 5 heterocycles. The van der Waals surface area contributed by atoms with Gasteiger partial charge in [0.15, 0.2) is 11.1 Å². The number of carbonyl (C=O) groups excluding carboxylic acids is 1. The van der Waals surface area contributed by atoms with Crippen LogP contribution in [0.3, 0.4) is 0 Å². The Morgan fingerprint density at radius 2 is 2.18 bits per heavy atom. The van der Waals surface area contributed by atoms with Gasteiger partial charge in [0.25, 0.3) is 5.91 Å². The molecular weight excluding hydrogens is 456 g/mol. The summed E-state index contributed by atoms with van der Waals surface area (Å²) in [6.45, 7) is 1.70. The molecule has 11 nitrogen and oxygen atoms in total. The number of carbonyl (C=O) groups is 1. The number of imidazole rings is 1. The predicted molar refractivity (Wildman–Crippen MR) is 125 cm³/mol. The minimum absolute atomic E-state index is 0.0841. The van der Waals surface area contributed by atoms with Gasteiger partial charge in [0.1, 0.15) is 5.69 Å². The Morgan fingerprint density at radius 1 is 1.29 bits per heavy atom. The van der Waals surface area contributed by atoms with Gasteiger partial charge in [-0.3, -0.25) is 14.8 Å². The highest BCUT2D eigenvalue weighted by atomic mass is 32.1. The maximum absolute atomic E-state index is 12.7. The molecule has 4 aromatic heterocycles. The topological polar surface area (TPSA) is 153 Å². The first-order valence-corrected chi connectivity index (χ1v) is 11.9. The van der Waals surface area contributed by atoms with Gasteiger partial charge in [-0.2, -0.15) is 9.61 Å². The number of aromatic hydroxyl groups is 1. The van der Waals surface area contributed by atoms with Crippen LogP contribution in [0.25, 0.3) is 22.3 Å². The molecule has 4 aromatic rings. The van der Waals surface area contributed by atoms with E-state index in [0.717, 1.165) is 37.2 Å². The lowest BCUT2D eigenvalue weighted by Crippen LogP contribution is -2.35. The molecule has 6 rings (SSSR count). The fourth-order valence-corrected chi connectivity index (χ4v) is 4.82. The van der Waals surface area contributed by atoms with Crippen LogP contribution in [-0.2, 0) is 0 Å². The summed E-state index contributed by atoms with van der Waals surface area (Å²) in [5.41, 5.74) is 1.63. The molecule has 1 amide bonds. The number of hydrogen-bond acceptors (Lipinski definition) is 8. The summed E-state index contributed by atoms with van der Waals surface area (Å²) in [6, 6.07) is 6.00. The second kappa shape index (κ2) is 8.22. The zero-order chi connectivity index (χ0) is 23.2. The zero-order valence-electron chi connectivity index (χ0n) is 18.0. The zero-order valence-corrected chi connectivity index (χ0v) is 18.9. The molecule has 1 atom stereocenters. The van der Waals surface area contributed by atoms with Gasteiger partial charge in [-0.15, -0.1) is 11.3 Å². The van der Waals surface area contributed by atoms with E-state index in [4.69, 9.17) is 9.98 Å². The molecular formula is C22H22N8O3S. The summed E-state index contributed by atoms with van der Waals surface area (Å²) in [7, 11) is 0. The second-order valence-corrected chi connectivity index (χ2v) is 9.59. The Morgan fingerprint density at radius 3 is 2.91 bits per heavy atom. The van der Waals surface area contributed by atoms with Gasteiger partial charge in [0.2, 0.25) is 5.88 Å². The van der Waals surface area contributed by atoms with Gasteiger partial charge < -0.3 is 20.7 Å². The van der Waals surface area contributed by atoms with E-state index in [1.165, 1.54) is 11.3 Å². The number of nitrogens with zero attached hydrogens (tertiary/aromatic N) is 4. The fourth-order valence-electron chi connectivity index (χ4n) is 3.95. The number of hydrogen-bond donors (Lipinski definition) is 5. The molecule has 1 unspecified atom stereocenters. The van der Waals surface area contributed by atoms with E-state index in [1.54, 1.807) is 16.8 Å². The molecule has 0 bridgehead atoms. The van der Waals surface area contributed by atoms with Crippen LogP contribution in [0.2, 0.25) is 0 Å². The number of aromatic amines is 2. The van der Waals surface area contributed by atoms with Gasteiger partial charge in [-0.25, -0.2) is 9.78 Å². The summed E-state index contributed by atoms with van der Waals surface area (Å²) >= 11 is 1.38. The molecule has 5 N–H and O–H groups in total. The van der Waals surface area contributed by atoms with Crippen molar-refractivity contribution in [1.29, 1.82) is 0 Å². The largest absolute Gasteiger partial charge is 0.493 e. The van der Waals surface area contributed by atoms with Crippen LogP contribution in [0.4, 0.5) is 0 Å². The van der Waals surface area contributed by atoms with Gasteiger partial charge in [-0.05, 0) is 44.0 Å². The molecule has 1 saturated heterocycles. The fraction of sp³-hybridized carbons (Fsp3) is 0.318. The maximum Gasteiger partial charge on any atom is 0.326 e. The first-order valence-electron chi connectivity index (χ1n) is 11.1. The van der Waals surface area contributed by atoms with Crippen molar-refractivity contribution in [1.82, 2.24) is 35.2 Å². The number of aromatic nitrogens is 5. The summed E-state index contributed by atoms with van der Waals surface area (Å²) < 4.78 is 1.66. The summed E-state index contributed by atoms with van der Waals surface area (Å²) in [4.78, 5) is 40.1. The molecule has 1 saturated carbocycles. The smallest absolute Gasteiger partial charge is 0.326 e. The van der Waals surface area contributed by atoms with Gasteiger partial charge in [0.05, 0.1) is 27.7 Å². The lowest BCUT2D eigenvalue weighted by molar-refractivity contribution is 0.0944. The standard InChI is InChI=1S/C22H22N8O3S/c31-20-15(28-22(33)29-20)7-11-9-24-30-18(25-12-1-2-12)8-14(27-19(11)30)16-3-4-17(34-16)21(32)26-13-5-6-23-10-13/h3-4,7-9,12-13,23,31H,1-2,5-6,10H2,(H,26,32)(H2,28,29,33)/b11-7+,25-18?. The van der Waals surface area contributed by atoms with Crippen LogP contribution >= 0.6 is 11.3 Å². The molecule has 1 aliphatic heterocycles. The van der Waals surface area contributed by atoms with Crippen molar-refractivity contribution < 1.29 is 9.90 Å². The monoisotopic (exact) mass is 478 g/mol. The Labute approximate surface area is 196 Å². The SMILES string of the molecule is O=C(NC1CCNC1)c1ccc(-c2cc(=NC3CC3)n3nc/c(=C\c4[nH]c(=O)[nH]c4O)c3n2)s1. The highest BCUT2D eigenvalue weighted by Crippen LogP contribution is 2.27. The van der Waals surface area contributed by atoms with Gasteiger partial charge >= 0.3 is 5.69 Å². The highest BCUT2D eigenvalue weighted by Gasteiger charge is 2.21. The molecule has 0 aromatic carbocycles. The summed E-state index contributed by atoms with van der Waals surface area (Å²) in [5.74, 6) is -0.339. The molecule has 174 valence electrons. The maximum atomic E-state index is 12.7. The average molecular weight is 479 g/mol. The highest BCUT2D eigenvalue weighted by molar-refractivity contribution is 7.17. The third kappa shape index (κ3) is 4.01. The average Bonchev–Trinajstić information content (AvgIpc) is 3.24. The van der Waals surface area contributed by atoms with Crippen molar-refractivity contribution in [2.24, 2.45) is 4.99 Å². The Kier molecular flexibility index (Phi) is 5.03. The Bertz CT molecular complexity index is 1570. The number of thiophene rings is 1. The van der Waals surface area contributed by atoms with E-state index in [-0.39, 0.29) is 29.6 Å². The van der Waals surface area contributed by atoms with E-state index in [0.29, 0.717) is 26.9 Å². The lowest BCUT2D eigenvalue weighted by atomic mass is 10.2. The van der Waals surface area contributed by atoms with E-state index in [2.05, 4.69) is 25.7 Å². The molecule has 2 aliphatic rings. The molecule has 0 radical (unpaired) electrons. The van der Waals surface area contributed by atoms with Crippen molar-refractivity contribution in [2.75, 3.05) is 13.1 Å². The number of amides is 1. The van der Waals surface area contributed by atoms with Gasteiger partial charge in [-0.1, -0.05) is 0 Å². The number of nitrogens with one attached hydrogen (secondary N) is 4. The molecule has 0 spiro atoms. The van der Waals surface area contributed by atoms with E-state index < -0.39 is 5.69 Å². The number of fused-ring (bicyclic) bond motifs is 1. The predicted octanol–water partition coefficient (Wildman–Crippen LogP) is -0.118. The van der Waals surface area contributed by atoms with Crippen LogP contribution in [0.5, 0.6) is 5.88 Å². The third-order valence-electron chi connectivity index (χ3n) is 5.85. The summed E-state index contributed by atoms with van der Waals surface area (Å²) in [6.07, 6.45) is 6.23. The van der Waals surface area contributed by atoms with Crippen LogP contribution in [-0.4, -0.2) is 60.8 Å². The van der Waals surface area contributed by atoms with Gasteiger partial charge in [0, 0.05) is 23.9 Å². The molecule has 2 fully saturated rings.